The van der Waals surface area contributed by atoms with E-state index in [0.29, 0.717) is 17.5 Å². The average molecular weight is 1140 g/mol. The first-order valence-corrected chi connectivity index (χ1v) is 27.6. The number of guanidine groups is 1. The lowest BCUT2D eigenvalue weighted by molar-refractivity contribution is -0.142. The van der Waals surface area contributed by atoms with Crippen molar-refractivity contribution in [3.63, 3.8) is 0 Å². The molecule has 30 heteroatoms. The lowest BCUT2D eigenvalue weighted by Crippen LogP contribution is -2.61. The molecular weight excluding hydrogens is 1070 g/mol. The number of rotatable bonds is 23. The number of aromatic hydroxyl groups is 1. The third kappa shape index (κ3) is 22.8. The molecule has 0 radical (unpaired) electrons. The van der Waals surface area contributed by atoms with Crippen LogP contribution in [0.3, 0.4) is 0 Å². The van der Waals surface area contributed by atoms with E-state index in [1.165, 1.54) is 36.2 Å². The van der Waals surface area contributed by atoms with Gasteiger partial charge in [0.1, 0.15) is 36.0 Å². The number of hydrogen-bond donors (Lipinski definition) is 14. The number of nitrogens with zero attached hydrogens (tertiary/aromatic N) is 2. The Balaban J connectivity index is 1.73. The number of phenols is 1. The second-order valence-electron chi connectivity index (χ2n) is 18.3. The summed E-state index contributed by atoms with van der Waals surface area (Å²) in [6, 6.07) is 4.09. The minimum atomic E-state index is -1.88. The van der Waals surface area contributed by atoms with E-state index >= 15 is 0 Å². The Hall–Kier alpha value is -7.51. The van der Waals surface area contributed by atoms with Crippen LogP contribution >= 0.6 is 21.6 Å². The van der Waals surface area contributed by atoms with Gasteiger partial charge < -0.3 is 59.3 Å². The zero-order valence-electron chi connectivity index (χ0n) is 43.3. The summed E-state index contributed by atoms with van der Waals surface area (Å²) >= 11 is 0. The number of carboxylic acids is 1. The van der Waals surface area contributed by atoms with E-state index < -0.39 is 145 Å². The van der Waals surface area contributed by atoms with Gasteiger partial charge in [0, 0.05) is 44.4 Å². The van der Waals surface area contributed by atoms with E-state index in [2.05, 4.69) is 53.2 Å². The van der Waals surface area contributed by atoms with E-state index in [1.54, 1.807) is 30.3 Å². The Morgan fingerprint density at radius 1 is 0.785 bits per heavy atom. The quantitative estimate of drug-likeness (QED) is 0.0126. The average Bonchev–Trinajstić information content (AvgIpc) is 3.89. The molecule has 2 fully saturated rings. The third-order valence-electron chi connectivity index (χ3n) is 12.1. The van der Waals surface area contributed by atoms with Gasteiger partial charge >= 0.3 is 5.97 Å². The number of phenolic OH excluding ortho intramolecular Hbond substituents is 1. The Labute approximate surface area is 462 Å². The summed E-state index contributed by atoms with van der Waals surface area (Å²) in [7, 11) is 1.96. The predicted octanol–water partition coefficient (Wildman–Crippen LogP) is -4.02. The van der Waals surface area contributed by atoms with Crippen molar-refractivity contribution in [3.05, 3.63) is 65.7 Å². The van der Waals surface area contributed by atoms with Crippen molar-refractivity contribution in [2.24, 2.45) is 22.2 Å². The Bertz CT molecular complexity index is 2540. The van der Waals surface area contributed by atoms with Gasteiger partial charge in [-0.1, -0.05) is 64.1 Å². The summed E-state index contributed by atoms with van der Waals surface area (Å²) in [5.41, 5.74) is 25.8. The predicted molar refractivity (Wildman–Crippen MR) is 288 cm³/mol. The fourth-order valence-corrected chi connectivity index (χ4v) is 10.2. The van der Waals surface area contributed by atoms with Gasteiger partial charge in [-0.25, -0.2) is 21.3 Å². The number of Topliss-reactive ketones (excluding diaryl/α,β-unsaturated/α-hetero) is 4. The van der Waals surface area contributed by atoms with E-state index in [9.17, 15) is 67.7 Å². The normalized spacial score (nSPS) is 21.5. The number of carbonyl (C=O) groups is 12. The highest BCUT2D eigenvalue weighted by Crippen LogP contribution is 2.25. The number of hydrogen-bond acceptors (Lipinski definition) is 20. The van der Waals surface area contributed by atoms with Crippen LogP contribution in [-0.4, -0.2) is 172 Å². The molecule has 2 heterocycles. The molecule has 0 saturated carbocycles. The molecule has 2 aromatic carbocycles. The van der Waals surface area contributed by atoms with Crippen LogP contribution in [0.5, 0.6) is 5.75 Å². The van der Waals surface area contributed by atoms with Crippen molar-refractivity contribution in [1.29, 1.82) is 0 Å². The number of carbonyl (C=O) groups excluding carboxylic acids is 11. The zero-order chi connectivity index (χ0) is 58.0. The van der Waals surface area contributed by atoms with Crippen molar-refractivity contribution >= 4 is 98.0 Å². The van der Waals surface area contributed by atoms with Crippen LogP contribution in [-0.2, 0) is 70.4 Å². The van der Waals surface area contributed by atoms with Gasteiger partial charge in [0.15, 0.2) is 5.96 Å². The summed E-state index contributed by atoms with van der Waals surface area (Å²) in [6.45, 7) is 0.544. The van der Waals surface area contributed by atoms with Crippen LogP contribution in [0.15, 0.2) is 59.6 Å². The molecule has 2 aliphatic heterocycles. The molecule has 0 unspecified atom stereocenters. The van der Waals surface area contributed by atoms with Gasteiger partial charge in [-0.2, -0.15) is 0 Å². The van der Waals surface area contributed by atoms with Gasteiger partial charge in [0.2, 0.25) is 64.5 Å². The molecule has 2 aromatic rings. The molecule has 0 spiro atoms. The van der Waals surface area contributed by atoms with E-state index in [0.717, 1.165) is 21.6 Å². The van der Waals surface area contributed by atoms with Crippen LogP contribution in [0.25, 0.3) is 0 Å². The van der Waals surface area contributed by atoms with Gasteiger partial charge in [-0.3, -0.25) is 62.5 Å². The van der Waals surface area contributed by atoms with Crippen LogP contribution < -0.4 is 65.4 Å². The molecule has 0 bridgehead atoms. The molecule has 4 rings (SSSR count). The Morgan fingerprint density at radius 3 is 2.10 bits per heavy atom. The maximum Gasteiger partial charge on any atom is 0.303 e. The fraction of sp³-hybridized carbons (Fsp3) is 0.490. The highest BCUT2D eigenvalue weighted by Gasteiger charge is 2.41. The largest absolute Gasteiger partial charge is 0.508 e. The van der Waals surface area contributed by atoms with Crippen LogP contribution in [0, 0.1) is 0 Å². The summed E-state index contributed by atoms with van der Waals surface area (Å²) in [5, 5.41) is 35.5. The molecule has 17 N–H and O–H groups in total. The van der Waals surface area contributed by atoms with E-state index in [-0.39, 0.29) is 74.8 Å². The first-order valence-electron chi connectivity index (χ1n) is 25.1. The smallest absolute Gasteiger partial charge is 0.303 e. The molecule has 2 aliphatic rings. The Morgan fingerprint density at radius 2 is 1.43 bits per heavy atom. The van der Waals surface area contributed by atoms with Gasteiger partial charge in [0.05, 0.1) is 31.7 Å². The fourth-order valence-electron chi connectivity index (χ4n) is 8.02. The van der Waals surface area contributed by atoms with Crippen LogP contribution in [0.1, 0.15) is 69.4 Å². The molecule has 7 atom stereocenters. The Kier molecular flexibility index (Phi) is 26.8. The number of ketones is 4. The van der Waals surface area contributed by atoms with Gasteiger partial charge in [-0.15, -0.1) is 0 Å². The molecule has 28 nitrogen and oxygen atoms in total. The number of benzene rings is 2. The number of nitrogens with one attached hydrogen (secondary N) is 9. The van der Waals surface area contributed by atoms with Crippen LogP contribution in [0.4, 0.5) is 0 Å². The molecule has 0 aliphatic carbocycles. The number of nitrogens with two attached hydrogens (primary N) is 3. The van der Waals surface area contributed by atoms with Crippen molar-refractivity contribution < 1.29 is 67.7 Å². The molecule has 79 heavy (non-hydrogen) atoms. The minimum Gasteiger partial charge on any atom is -0.508 e. The molecule has 0 aromatic heterocycles. The second-order valence-corrected chi connectivity index (χ2v) is 20.9. The molecule has 2 saturated heterocycles. The maximum absolute atomic E-state index is 14.5. The summed E-state index contributed by atoms with van der Waals surface area (Å²) < 4.78 is 0. The number of hydrazine groups is 2. The third-order valence-corrected chi connectivity index (χ3v) is 14.5. The number of carboxylic acid groups (broad SMARTS) is 1. The van der Waals surface area contributed by atoms with Crippen molar-refractivity contribution in [2.75, 3.05) is 37.8 Å². The molecule has 7 amide bonds. The SMILES string of the molecule is CC(=O)NCNC(=O)C[C@@H]1NC(=O)[C@H](CCC(=O)O)NC(=O)[C@H](Cc2ccccc2)NN[C@@H](Cc2ccc(O)cc2)C(=O)C(=O)CCSSC[C@@H](C(=O)C(=O)[C@@H]2CCCN2N[C@H](CCCN=C(N)N)C(=O)NCC(N)=O)NC1=O. The van der Waals surface area contributed by atoms with Crippen molar-refractivity contribution in [3.8, 4) is 5.75 Å². The first kappa shape index (κ1) is 64.0. The number of primary amides is 1. The summed E-state index contributed by atoms with van der Waals surface area (Å²) in [5.74, 6) is -12.1. The summed E-state index contributed by atoms with van der Waals surface area (Å²) in [4.78, 5) is 165. The second kappa shape index (κ2) is 33.0. The lowest BCUT2D eigenvalue weighted by Gasteiger charge is -2.30. The monoisotopic (exact) mass is 1140 g/mol. The highest BCUT2D eigenvalue weighted by atomic mass is 33.1. The minimum absolute atomic E-state index is 0.0238. The molecular formula is C49H68N14O14S2. The van der Waals surface area contributed by atoms with Gasteiger partial charge in [0.25, 0.3) is 0 Å². The first-order chi connectivity index (χ1) is 37.6. The standard InChI is InChI=1S/C49H68N14O14S2/c1-27(64)55-26-56-40(68)23-34-47(76)59-36(43(72)44(73)37-10-6-19-63(37)62-32(9-5-18-53-49(51)52)45(74)54-24-39(50)67)25-79-78-20-17-38(66)42(71)33(21-29-11-13-30(65)14-12-29)60-61-35(22-28-7-3-2-4-8-28)48(77)57-31(46(75)58-34)15-16-41(69)70/h2-4,7-8,11-14,31-37,60-62,65H,5-6,9-10,15-26H2,1H3,(H2,50,67)(H,54,74)(H,55,64)(H,56,68)(H,57,77)(H,58,75)(H,59,76)(H,69,70)(H4,51,52,53)/t31-,32+,33-,34-,35-,36-,37-/m0/s1. The van der Waals surface area contributed by atoms with E-state index in [4.69, 9.17) is 17.2 Å². The zero-order valence-corrected chi connectivity index (χ0v) is 44.9. The number of amides is 7. The topological polar surface area (TPSA) is 447 Å². The van der Waals surface area contributed by atoms with Crippen LogP contribution in [0.2, 0.25) is 0 Å². The summed E-state index contributed by atoms with van der Waals surface area (Å²) in [6.07, 6.45) is -1.85. The van der Waals surface area contributed by atoms with E-state index in [1.807, 2.05) is 0 Å². The lowest BCUT2D eigenvalue weighted by atomic mass is 9.99. The van der Waals surface area contributed by atoms with Crippen molar-refractivity contribution in [2.45, 2.75) is 113 Å². The highest BCUT2D eigenvalue weighted by molar-refractivity contribution is 8.76. The number of aliphatic imine (C=N–C) groups is 1. The molecule has 430 valence electrons. The van der Waals surface area contributed by atoms with Gasteiger partial charge in [-0.05, 0) is 68.2 Å². The van der Waals surface area contributed by atoms with Crippen molar-refractivity contribution in [1.82, 2.24) is 53.2 Å². The maximum atomic E-state index is 14.5. The number of aliphatic carboxylic acids is 1.